The first-order valence-corrected chi connectivity index (χ1v) is 8.46. The molecule has 1 fully saturated rings. The van der Waals surface area contributed by atoms with Crippen LogP contribution in [0.5, 0.6) is 11.5 Å². The lowest BCUT2D eigenvalue weighted by Gasteiger charge is -2.22. The summed E-state index contributed by atoms with van der Waals surface area (Å²) < 4.78 is 10.7. The molecule has 1 aromatic carbocycles. The largest absolute Gasteiger partial charge is 0.497 e. The van der Waals surface area contributed by atoms with E-state index < -0.39 is 0 Å². The van der Waals surface area contributed by atoms with Gasteiger partial charge in [-0.3, -0.25) is 14.5 Å². The maximum atomic E-state index is 12.4. The zero-order valence-electron chi connectivity index (χ0n) is 15.2. The summed E-state index contributed by atoms with van der Waals surface area (Å²) in [7, 11) is 5.12. The third kappa shape index (κ3) is 5.94. The molecule has 1 heterocycles. The normalized spacial score (nSPS) is 15.4. The fraction of sp³-hybridized carbons (Fsp3) is 0.556. The highest BCUT2D eigenvalue weighted by Crippen LogP contribution is 2.17. The van der Waals surface area contributed by atoms with E-state index in [9.17, 15) is 9.59 Å². The predicted molar refractivity (Wildman–Crippen MR) is 94.8 cm³/mol. The summed E-state index contributed by atoms with van der Waals surface area (Å²) in [6.07, 6.45) is 0.856. The van der Waals surface area contributed by atoms with Gasteiger partial charge in [-0.15, -0.1) is 0 Å². The lowest BCUT2D eigenvalue weighted by atomic mass is 10.3. The highest BCUT2D eigenvalue weighted by atomic mass is 16.5. The molecule has 138 valence electrons. The van der Waals surface area contributed by atoms with Crippen molar-refractivity contribution in [2.24, 2.45) is 0 Å². The third-order valence-corrected chi connectivity index (χ3v) is 4.22. The quantitative estimate of drug-likeness (QED) is 0.756. The van der Waals surface area contributed by atoms with Crippen LogP contribution in [0.15, 0.2) is 24.3 Å². The fourth-order valence-electron chi connectivity index (χ4n) is 2.62. The number of methoxy groups -OCH3 is 1. The molecule has 25 heavy (non-hydrogen) atoms. The molecular formula is C18H27N3O4. The second-order valence-electron chi connectivity index (χ2n) is 6.26. The van der Waals surface area contributed by atoms with Crippen LogP contribution in [0.2, 0.25) is 0 Å². The number of hydrogen-bond acceptors (Lipinski definition) is 5. The summed E-state index contributed by atoms with van der Waals surface area (Å²) in [5, 5.41) is 0. The highest BCUT2D eigenvalue weighted by molar-refractivity contribution is 5.78. The number of carbonyl (C=O) groups is 2. The Morgan fingerprint density at radius 3 is 2.36 bits per heavy atom. The Bertz CT molecular complexity index is 574. The van der Waals surface area contributed by atoms with Crippen LogP contribution < -0.4 is 9.47 Å². The number of rotatable bonds is 6. The van der Waals surface area contributed by atoms with Gasteiger partial charge in [0.1, 0.15) is 11.5 Å². The van der Waals surface area contributed by atoms with Gasteiger partial charge >= 0.3 is 0 Å². The summed E-state index contributed by atoms with van der Waals surface area (Å²) in [4.78, 5) is 29.7. The molecule has 0 radical (unpaired) electrons. The topological polar surface area (TPSA) is 62.3 Å². The molecule has 0 N–H and O–H groups in total. The zero-order chi connectivity index (χ0) is 18.2. The Kier molecular flexibility index (Phi) is 7.06. The summed E-state index contributed by atoms with van der Waals surface area (Å²) >= 11 is 0. The van der Waals surface area contributed by atoms with Crippen molar-refractivity contribution < 1.29 is 19.1 Å². The molecule has 0 bridgehead atoms. The summed E-state index contributed by atoms with van der Waals surface area (Å²) in [6, 6.07) is 7.16. The van der Waals surface area contributed by atoms with Crippen molar-refractivity contribution in [1.82, 2.24) is 14.7 Å². The summed E-state index contributed by atoms with van der Waals surface area (Å²) in [5.41, 5.74) is 0. The average Bonchev–Trinajstić information content (AvgIpc) is 2.85. The van der Waals surface area contributed by atoms with Gasteiger partial charge in [0.15, 0.2) is 6.61 Å². The molecule has 0 saturated carbocycles. The van der Waals surface area contributed by atoms with Gasteiger partial charge in [-0.05, 0) is 30.7 Å². The van der Waals surface area contributed by atoms with E-state index in [4.69, 9.17) is 9.47 Å². The van der Waals surface area contributed by atoms with E-state index in [1.165, 1.54) is 0 Å². The smallest absolute Gasteiger partial charge is 0.260 e. The molecule has 7 heteroatoms. The Balaban J connectivity index is 1.78. The fourth-order valence-corrected chi connectivity index (χ4v) is 2.62. The Labute approximate surface area is 149 Å². The molecular weight excluding hydrogens is 322 g/mol. The van der Waals surface area contributed by atoms with Crippen LogP contribution in [0.4, 0.5) is 0 Å². The number of hydrogen-bond donors (Lipinski definition) is 0. The van der Waals surface area contributed by atoms with E-state index in [1.54, 1.807) is 50.4 Å². The Morgan fingerprint density at radius 2 is 1.72 bits per heavy atom. The van der Waals surface area contributed by atoms with Crippen LogP contribution >= 0.6 is 0 Å². The molecule has 1 aromatic rings. The monoisotopic (exact) mass is 349 g/mol. The first-order valence-electron chi connectivity index (χ1n) is 8.46. The van der Waals surface area contributed by atoms with Gasteiger partial charge in [-0.1, -0.05) is 0 Å². The van der Waals surface area contributed by atoms with Crippen LogP contribution in [0.1, 0.15) is 6.42 Å². The molecule has 0 aromatic heterocycles. The van der Waals surface area contributed by atoms with Crippen LogP contribution in [0.3, 0.4) is 0 Å². The average molecular weight is 349 g/mol. The van der Waals surface area contributed by atoms with E-state index >= 15 is 0 Å². The molecule has 0 aliphatic carbocycles. The van der Waals surface area contributed by atoms with Gasteiger partial charge in [0.2, 0.25) is 5.91 Å². The number of ether oxygens (including phenoxy) is 2. The second kappa shape index (κ2) is 9.27. The molecule has 7 nitrogen and oxygen atoms in total. The minimum Gasteiger partial charge on any atom is -0.497 e. The van der Waals surface area contributed by atoms with Crippen LogP contribution in [0, 0.1) is 0 Å². The van der Waals surface area contributed by atoms with E-state index in [0.717, 1.165) is 18.7 Å². The molecule has 1 aliphatic heterocycles. The van der Waals surface area contributed by atoms with Gasteiger partial charge in [-0.2, -0.15) is 0 Å². The maximum Gasteiger partial charge on any atom is 0.260 e. The van der Waals surface area contributed by atoms with Crippen molar-refractivity contribution in [3.63, 3.8) is 0 Å². The molecule has 0 spiro atoms. The van der Waals surface area contributed by atoms with Gasteiger partial charge < -0.3 is 19.3 Å². The number of amides is 2. The molecule has 2 amide bonds. The van der Waals surface area contributed by atoms with Gasteiger partial charge in [0.25, 0.3) is 5.91 Å². The van der Waals surface area contributed by atoms with Crippen molar-refractivity contribution >= 4 is 11.8 Å². The van der Waals surface area contributed by atoms with Gasteiger partial charge in [0, 0.05) is 40.3 Å². The molecule has 1 aliphatic rings. The second-order valence-corrected chi connectivity index (χ2v) is 6.26. The highest BCUT2D eigenvalue weighted by Gasteiger charge is 2.21. The standard InChI is InChI=1S/C18H27N3O4/c1-19(2)17(22)13-20-9-4-10-21(12-11-20)18(23)14-25-16-7-5-15(24-3)6-8-16/h5-8H,4,9-14H2,1-3H3. The number of carbonyl (C=O) groups excluding carboxylic acids is 2. The molecule has 0 atom stereocenters. The molecule has 2 rings (SSSR count). The van der Waals surface area contributed by atoms with Crippen LogP contribution in [0.25, 0.3) is 0 Å². The summed E-state index contributed by atoms with van der Waals surface area (Å²) in [6.45, 7) is 3.25. The van der Waals surface area contributed by atoms with Crippen molar-refractivity contribution in [1.29, 1.82) is 0 Å². The van der Waals surface area contributed by atoms with Crippen molar-refractivity contribution in [3.8, 4) is 11.5 Å². The van der Waals surface area contributed by atoms with E-state index in [-0.39, 0.29) is 18.4 Å². The van der Waals surface area contributed by atoms with Crippen molar-refractivity contribution in [3.05, 3.63) is 24.3 Å². The molecule has 1 saturated heterocycles. The van der Waals surface area contributed by atoms with E-state index in [1.807, 2.05) is 4.90 Å². The zero-order valence-corrected chi connectivity index (χ0v) is 15.2. The number of nitrogens with zero attached hydrogens (tertiary/aromatic N) is 3. The Morgan fingerprint density at radius 1 is 1.04 bits per heavy atom. The number of likely N-dealkylation sites (N-methyl/N-ethyl adjacent to an activating group) is 1. The minimum absolute atomic E-state index is 0.0168. The Hall–Kier alpha value is -2.28. The first kappa shape index (κ1) is 19.1. The van der Waals surface area contributed by atoms with Crippen molar-refractivity contribution in [2.45, 2.75) is 6.42 Å². The summed E-state index contributed by atoms with van der Waals surface area (Å²) in [5.74, 6) is 1.44. The van der Waals surface area contributed by atoms with Gasteiger partial charge in [0.05, 0.1) is 13.7 Å². The lowest BCUT2D eigenvalue weighted by Crippen LogP contribution is -2.40. The number of benzene rings is 1. The SMILES string of the molecule is COc1ccc(OCC(=O)N2CCCN(CC(=O)N(C)C)CC2)cc1. The van der Waals surface area contributed by atoms with Gasteiger partial charge in [-0.25, -0.2) is 0 Å². The minimum atomic E-state index is -0.0309. The first-order chi connectivity index (χ1) is 12.0. The molecule has 0 unspecified atom stereocenters. The van der Waals surface area contributed by atoms with Crippen LogP contribution in [-0.4, -0.2) is 87.0 Å². The lowest BCUT2D eigenvalue weighted by molar-refractivity contribution is -0.133. The maximum absolute atomic E-state index is 12.4. The third-order valence-electron chi connectivity index (χ3n) is 4.22. The van der Waals surface area contributed by atoms with E-state index in [2.05, 4.69) is 4.90 Å². The predicted octanol–water partition coefficient (Wildman–Crippen LogP) is 0.697. The van der Waals surface area contributed by atoms with Crippen molar-refractivity contribution in [2.75, 3.05) is 60.5 Å². The van der Waals surface area contributed by atoms with Crippen LogP contribution in [-0.2, 0) is 9.59 Å². The van der Waals surface area contributed by atoms with E-state index in [0.29, 0.717) is 31.9 Å².